The fourth-order valence-electron chi connectivity index (χ4n) is 3.22. The Kier molecular flexibility index (Phi) is 7.05. The van der Waals surface area contributed by atoms with Crippen LogP contribution in [-0.4, -0.2) is 44.1 Å². The van der Waals surface area contributed by atoms with Gasteiger partial charge in [0.05, 0.1) is 18.8 Å². The van der Waals surface area contributed by atoms with E-state index >= 15 is 0 Å². The van der Waals surface area contributed by atoms with Gasteiger partial charge in [0.25, 0.3) is 5.91 Å². The number of nitrogens with one attached hydrogen (secondary N) is 2. The molecule has 2 amide bonds. The molecule has 2 aromatic rings. The van der Waals surface area contributed by atoms with Crippen molar-refractivity contribution in [3.63, 3.8) is 0 Å². The molecule has 0 fully saturated rings. The molecule has 0 aromatic heterocycles. The van der Waals surface area contributed by atoms with Gasteiger partial charge in [0.15, 0.2) is 6.10 Å². The number of rotatable bonds is 8. The summed E-state index contributed by atoms with van der Waals surface area (Å²) < 4.78 is 19.5. The van der Waals surface area contributed by atoms with E-state index in [4.69, 9.17) is 4.74 Å². The second-order valence-corrected chi connectivity index (χ2v) is 6.94. The van der Waals surface area contributed by atoms with Gasteiger partial charge in [-0.05, 0) is 36.6 Å². The predicted molar refractivity (Wildman–Crippen MR) is 109 cm³/mol. The van der Waals surface area contributed by atoms with Crippen molar-refractivity contribution in [1.82, 2.24) is 10.6 Å². The minimum absolute atomic E-state index is 0.0925. The molecule has 6 nitrogen and oxygen atoms in total. The van der Waals surface area contributed by atoms with E-state index in [0.717, 1.165) is 12.1 Å². The Balaban J connectivity index is 1.59. The molecule has 0 saturated heterocycles. The molecule has 2 aromatic carbocycles. The van der Waals surface area contributed by atoms with Crippen LogP contribution in [0.15, 0.2) is 48.5 Å². The zero-order valence-electron chi connectivity index (χ0n) is 16.5. The van der Waals surface area contributed by atoms with Gasteiger partial charge >= 0.3 is 0 Å². The first kappa shape index (κ1) is 20.6. The van der Waals surface area contributed by atoms with Crippen molar-refractivity contribution in [2.45, 2.75) is 25.9 Å². The highest BCUT2D eigenvalue weighted by Crippen LogP contribution is 2.32. The van der Waals surface area contributed by atoms with Crippen molar-refractivity contribution < 1.29 is 18.7 Å². The van der Waals surface area contributed by atoms with Gasteiger partial charge in [0, 0.05) is 13.1 Å². The van der Waals surface area contributed by atoms with Crippen LogP contribution in [0.2, 0.25) is 0 Å². The molecular formula is C22H26FN3O3. The van der Waals surface area contributed by atoms with Crippen LogP contribution >= 0.6 is 0 Å². The predicted octanol–water partition coefficient (Wildman–Crippen LogP) is 2.28. The third-order valence-corrected chi connectivity index (χ3v) is 4.71. The molecule has 0 saturated carbocycles. The van der Waals surface area contributed by atoms with Crippen LogP contribution in [-0.2, 0) is 16.0 Å². The second-order valence-electron chi connectivity index (χ2n) is 6.94. The summed E-state index contributed by atoms with van der Waals surface area (Å²) in [5.74, 6) is -0.0728. The van der Waals surface area contributed by atoms with Crippen LogP contribution in [0.3, 0.4) is 0 Å². The van der Waals surface area contributed by atoms with Gasteiger partial charge in [0.1, 0.15) is 11.6 Å². The SMILES string of the molecule is CCCNC(=O)[C@H]1CN(CC(=O)NCCc2ccccc2F)c2ccccc2O1. The van der Waals surface area contributed by atoms with Gasteiger partial charge < -0.3 is 20.3 Å². The number of carbonyl (C=O) groups is 2. The average molecular weight is 399 g/mol. The number of halogens is 1. The molecule has 154 valence electrons. The number of carbonyl (C=O) groups excluding carboxylic acids is 2. The standard InChI is InChI=1S/C22H26FN3O3/c1-2-12-25-22(28)20-14-26(18-9-5-6-10-19(18)29-20)15-21(27)24-13-11-16-7-3-4-8-17(16)23/h3-10,20H,2,11-15H2,1H3,(H,24,27)(H,25,28)/t20-/m1/s1. The number of nitrogens with zero attached hydrogens (tertiary/aromatic N) is 1. The van der Waals surface area contributed by atoms with Gasteiger partial charge in [-0.1, -0.05) is 37.3 Å². The molecule has 0 spiro atoms. The number of ether oxygens (including phenoxy) is 1. The molecule has 1 aliphatic heterocycles. The molecule has 0 unspecified atom stereocenters. The van der Waals surface area contributed by atoms with Gasteiger partial charge in [-0.2, -0.15) is 0 Å². The Morgan fingerprint density at radius 3 is 2.66 bits per heavy atom. The fourth-order valence-corrected chi connectivity index (χ4v) is 3.22. The normalized spacial score (nSPS) is 15.2. The fraction of sp³-hybridized carbons (Fsp3) is 0.364. The van der Waals surface area contributed by atoms with Gasteiger partial charge in [-0.25, -0.2) is 4.39 Å². The van der Waals surface area contributed by atoms with Crippen LogP contribution in [0.25, 0.3) is 0 Å². The Morgan fingerprint density at radius 1 is 1.10 bits per heavy atom. The van der Waals surface area contributed by atoms with Crippen molar-refractivity contribution >= 4 is 17.5 Å². The van der Waals surface area contributed by atoms with Crippen molar-refractivity contribution in [2.24, 2.45) is 0 Å². The molecule has 1 atom stereocenters. The summed E-state index contributed by atoms with van der Waals surface area (Å²) in [5.41, 5.74) is 1.34. The highest BCUT2D eigenvalue weighted by atomic mass is 19.1. The van der Waals surface area contributed by atoms with E-state index in [0.29, 0.717) is 30.8 Å². The first-order valence-electron chi connectivity index (χ1n) is 9.87. The zero-order chi connectivity index (χ0) is 20.6. The van der Waals surface area contributed by atoms with Crippen molar-refractivity contribution in [3.8, 4) is 5.75 Å². The van der Waals surface area contributed by atoms with E-state index in [9.17, 15) is 14.0 Å². The van der Waals surface area contributed by atoms with E-state index in [-0.39, 0.29) is 30.7 Å². The summed E-state index contributed by atoms with van der Waals surface area (Å²) in [6.45, 7) is 3.28. The third-order valence-electron chi connectivity index (χ3n) is 4.71. The minimum Gasteiger partial charge on any atom is -0.477 e. The number of anilines is 1. The highest BCUT2D eigenvalue weighted by molar-refractivity contribution is 5.86. The highest BCUT2D eigenvalue weighted by Gasteiger charge is 2.31. The largest absolute Gasteiger partial charge is 0.477 e. The van der Waals surface area contributed by atoms with Crippen LogP contribution in [0.4, 0.5) is 10.1 Å². The number of amides is 2. The number of hydrogen-bond acceptors (Lipinski definition) is 4. The summed E-state index contributed by atoms with van der Waals surface area (Å²) in [7, 11) is 0. The molecule has 0 bridgehead atoms. The number of para-hydroxylation sites is 2. The molecule has 0 aliphatic carbocycles. The Morgan fingerprint density at radius 2 is 1.86 bits per heavy atom. The molecular weight excluding hydrogens is 373 g/mol. The lowest BCUT2D eigenvalue weighted by Gasteiger charge is -2.35. The molecule has 1 heterocycles. The van der Waals surface area contributed by atoms with Crippen molar-refractivity contribution in [2.75, 3.05) is 31.1 Å². The monoisotopic (exact) mass is 399 g/mol. The maximum Gasteiger partial charge on any atom is 0.262 e. The maximum absolute atomic E-state index is 13.7. The van der Waals surface area contributed by atoms with E-state index in [2.05, 4.69) is 10.6 Å². The van der Waals surface area contributed by atoms with E-state index in [1.54, 1.807) is 24.3 Å². The Hall–Kier alpha value is -3.09. The van der Waals surface area contributed by atoms with Crippen molar-refractivity contribution in [1.29, 1.82) is 0 Å². The quantitative estimate of drug-likeness (QED) is 0.715. The number of benzene rings is 2. The average Bonchev–Trinajstić information content (AvgIpc) is 2.73. The van der Waals surface area contributed by atoms with Gasteiger partial charge in [-0.15, -0.1) is 0 Å². The topological polar surface area (TPSA) is 70.7 Å². The third kappa shape index (κ3) is 5.47. The van der Waals surface area contributed by atoms with Crippen LogP contribution in [0.5, 0.6) is 5.75 Å². The first-order valence-corrected chi connectivity index (χ1v) is 9.87. The Labute approximate surface area is 170 Å². The summed E-state index contributed by atoms with van der Waals surface area (Å²) in [4.78, 5) is 26.7. The first-order chi connectivity index (χ1) is 14.1. The van der Waals surface area contributed by atoms with E-state index < -0.39 is 6.10 Å². The number of hydrogen-bond donors (Lipinski definition) is 2. The summed E-state index contributed by atoms with van der Waals surface area (Å²) in [6.07, 6.45) is 0.575. The maximum atomic E-state index is 13.7. The Bertz CT molecular complexity index is 859. The lowest BCUT2D eigenvalue weighted by molar-refractivity contribution is -0.128. The van der Waals surface area contributed by atoms with Crippen molar-refractivity contribution in [3.05, 3.63) is 59.9 Å². The summed E-state index contributed by atoms with van der Waals surface area (Å²) >= 11 is 0. The van der Waals surface area contributed by atoms with Gasteiger partial charge in [-0.3, -0.25) is 9.59 Å². The molecule has 1 aliphatic rings. The molecule has 7 heteroatoms. The lowest BCUT2D eigenvalue weighted by atomic mass is 10.1. The summed E-state index contributed by atoms with van der Waals surface area (Å²) in [6, 6.07) is 13.9. The van der Waals surface area contributed by atoms with E-state index in [1.807, 2.05) is 30.0 Å². The number of fused-ring (bicyclic) bond motifs is 1. The summed E-state index contributed by atoms with van der Waals surface area (Å²) in [5, 5.41) is 5.66. The molecule has 2 N–H and O–H groups in total. The van der Waals surface area contributed by atoms with Crippen LogP contribution in [0, 0.1) is 5.82 Å². The molecule has 29 heavy (non-hydrogen) atoms. The van der Waals surface area contributed by atoms with Gasteiger partial charge in [0.2, 0.25) is 5.91 Å². The lowest BCUT2D eigenvalue weighted by Crippen LogP contribution is -2.51. The van der Waals surface area contributed by atoms with Crippen LogP contribution < -0.4 is 20.3 Å². The zero-order valence-corrected chi connectivity index (χ0v) is 16.5. The second kappa shape index (κ2) is 9.91. The minimum atomic E-state index is -0.678. The van der Waals surface area contributed by atoms with Crippen LogP contribution in [0.1, 0.15) is 18.9 Å². The molecule has 0 radical (unpaired) electrons. The molecule has 3 rings (SSSR count). The van der Waals surface area contributed by atoms with E-state index in [1.165, 1.54) is 6.07 Å². The smallest absolute Gasteiger partial charge is 0.262 e.